The third-order valence-electron chi connectivity index (χ3n) is 4.21. The van der Waals surface area contributed by atoms with Crippen LogP contribution in [0.5, 0.6) is 11.5 Å². The number of halogens is 1. The van der Waals surface area contributed by atoms with Gasteiger partial charge in [0.05, 0.1) is 11.1 Å². The summed E-state index contributed by atoms with van der Waals surface area (Å²) in [5.74, 6) is 1.06. The van der Waals surface area contributed by atoms with Crippen LogP contribution in [0.25, 0.3) is 0 Å². The van der Waals surface area contributed by atoms with Crippen molar-refractivity contribution in [1.82, 2.24) is 10.0 Å². The standard InChI is InChI=1S/C19H21ClN2O5S/c1-13(14-6-7-16-17(12-14)27-11-10-26-16)22-19(23)8-9-21-28(24,25)18-5-3-2-4-15(18)20/h2-7,12-13,21H,8-11H2,1H3,(H,22,23). The van der Waals surface area contributed by atoms with Crippen molar-refractivity contribution in [2.75, 3.05) is 19.8 Å². The number of benzene rings is 2. The summed E-state index contributed by atoms with van der Waals surface area (Å²) < 4.78 is 37.9. The Balaban J connectivity index is 1.52. The number of nitrogens with one attached hydrogen (secondary N) is 2. The second-order valence-electron chi connectivity index (χ2n) is 6.27. The second kappa shape index (κ2) is 8.81. The first-order valence-corrected chi connectivity index (χ1v) is 10.7. The van der Waals surface area contributed by atoms with Crippen molar-refractivity contribution < 1.29 is 22.7 Å². The van der Waals surface area contributed by atoms with E-state index < -0.39 is 10.0 Å². The molecule has 9 heteroatoms. The zero-order valence-electron chi connectivity index (χ0n) is 15.3. The zero-order chi connectivity index (χ0) is 20.1. The minimum atomic E-state index is -3.77. The maximum atomic E-state index is 12.3. The fraction of sp³-hybridized carbons (Fsp3) is 0.316. The summed E-state index contributed by atoms with van der Waals surface area (Å²) >= 11 is 5.92. The highest BCUT2D eigenvalue weighted by Crippen LogP contribution is 2.32. The van der Waals surface area contributed by atoms with Gasteiger partial charge in [-0.3, -0.25) is 4.79 Å². The van der Waals surface area contributed by atoms with Gasteiger partial charge in [0.15, 0.2) is 11.5 Å². The van der Waals surface area contributed by atoms with Gasteiger partial charge in [0, 0.05) is 13.0 Å². The number of rotatable bonds is 7. The lowest BCUT2D eigenvalue weighted by molar-refractivity contribution is -0.121. The maximum Gasteiger partial charge on any atom is 0.242 e. The molecule has 3 rings (SSSR count). The second-order valence-corrected chi connectivity index (χ2v) is 8.41. The van der Waals surface area contributed by atoms with Gasteiger partial charge >= 0.3 is 0 Å². The monoisotopic (exact) mass is 424 g/mol. The first-order chi connectivity index (χ1) is 13.4. The minimum absolute atomic E-state index is 0.00141. The molecule has 1 heterocycles. The number of amides is 1. The third-order valence-corrected chi connectivity index (χ3v) is 6.17. The summed E-state index contributed by atoms with van der Waals surface area (Å²) in [7, 11) is -3.77. The fourth-order valence-corrected chi connectivity index (χ4v) is 4.31. The molecule has 0 spiro atoms. The Morgan fingerprint density at radius 2 is 1.86 bits per heavy atom. The summed E-state index contributed by atoms with van der Waals surface area (Å²) in [4.78, 5) is 12.2. The Hall–Kier alpha value is -2.29. The molecule has 0 bridgehead atoms. The molecular formula is C19H21ClN2O5S. The molecule has 2 aromatic carbocycles. The van der Waals surface area contributed by atoms with E-state index in [1.165, 1.54) is 12.1 Å². The molecule has 0 saturated carbocycles. The lowest BCUT2D eigenvalue weighted by Gasteiger charge is -2.21. The zero-order valence-corrected chi connectivity index (χ0v) is 16.8. The number of ether oxygens (including phenoxy) is 2. The SMILES string of the molecule is CC(NC(=O)CCNS(=O)(=O)c1ccccc1Cl)c1ccc2c(c1)OCCO2. The van der Waals surface area contributed by atoms with Gasteiger partial charge in [-0.15, -0.1) is 0 Å². The molecule has 1 aliphatic heterocycles. The van der Waals surface area contributed by atoms with Gasteiger partial charge in [0.1, 0.15) is 18.1 Å². The number of carbonyl (C=O) groups is 1. The van der Waals surface area contributed by atoms with Crippen LogP contribution in [0.4, 0.5) is 0 Å². The van der Waals surface area contributed by atoms with E-state index >= 15 is 0 Å². The first-order valence-electron chi connectivity index (χ1n) is 8.80. The van der Waals surface area contributed by atoms with Gasteiger partial charge in [-0.05, 0) is 36.8 Å². The molecule has 0 saturated heterocycles. The molecule has 28 heavy (non-hydrogen) atoms. The maximum absolute atomic E-state index is 12.3. The highest BCUT2D eigenvalue weighted by Gasteiger charge is 2.18. The highest BCUT2D eigenvalue weighted by atomic mass is 35.5. The summed E-state index contributed by atoms with van der Waals surface area (Å²) in [6.45, 7) is 2.82. The van der Waals surface area contributed by atoms with E-state index in [1.54, 1.807) is 12.1 Å². The number of sulfonamides is 1. The van der Waals surface area contributed by atoms with Crippen molar-refractivity contribution >= 4 is 27.5 Å². The average Bonchev–Trinajstić information content (AvgIpc) is 2.67. The van der Waals surface area contributed by atoms with Crippen molar-refractivity contribution in [2.24, 2.45) is 0 Å². The number of hydrogen-bond acceptors (Lipinski definition) is 5. The van der Waals surface area contributed by atoms with E-state index in [1.807, 2.05) is 25.1 Å². The topological polar surface area (TPSA) is 93.7 Å². The van der Waals surface area contributed by atoms with Crippen LogP contribution in [0.1, 0.15) is 24.9 Å². The van der Waals surface area contributed by atoms with Gasteiger partial charge in [0.2, 0.25) is 15.9 Å². The Labute approximate surface area is 169 Å². The van der Waals surface area contributed by atoms with Gasteiger partial charge in [-0.2, -0.15) is 0 Å². The molecule has 0 radical (unpaired) electrons. The fourth-order valence-electron chi connectivity index (χ4n) is 2.77. The Morgan fingerprint density at radius 1 is 1.14 bits per heavy atom. The van der Waals surface area contributed by atoms with Crippen LogP contribution in [0.3, 0.4) is 0 Å². The van der Waals surface area contributed by atoms with Crippen LogP contribution in [0.2, 0.25) is 5.02 Å². The molecule has 1 amide bonds. The molecular weight excluding hydrogens is 404 g/mol. The van der Waals surface area contributed by atoms with Gasteiger partial charge in [-0.1, -0.05) is 29.8 Å². The largest absolute Gasteiger partial charge is 0.486 e. The summed E-state index contributed by atoms with van der Waals surface area (Å²) in [6, 6.07) is 11.4. The van der Waals surface area contributed by atoms with E-state index in [-0.39, 0.29) is 34.8 Å². The predicted molar refractivity (Wildman–Crippen MR) is 105 cm³/mol. The van der Waals surface area contributed by atoms with Crippen LogP contribution < -0.4 is 19.5 Å². The van der Waals surface area contributed by atoms with Crippen molar-refractivity contribution in [2.45, 2.75) is 24.3 Å². The Kier molecular flexibility index (Phi) is 6.43. The number of fused-ring (bicyclic) bond motifs is 1. The molecule has 2 aromatic rings. The normalized spacial score (nSPS) is 14.4. The average molecular weight is 425 g/mol. The Morgan fingerprint density at radius 3 is 2.61 bits per heavy atom. The molecule has 1 unspecified atom stereocenters. The van der Waals surface area contributed by atoms with Crippen LogP contribution >= 0.6 is 11.6 Å². The molecule has 7 nitrogen and oxygen atoms in total. The number of carbonyl (C=O) groups excluding carboxylic acids is 1. The molecule has 1 atom stereocenters. The molecule has 0 aliphatic carbocycles. The minimum Gasteiger partial charge on any atom is -0.486 e. The molecule has 0 aromatic heterocycles. The van der Waals surface area contributed by atoms with Crippen LogP contribution in [-0.4, -0.2) is 34.1 Å². The van der Waals surface area contributed by atoms with Crippen molar-refractivity contribution in [3.8, 4) is 11.5 Å². The summed E-state index contributed by atoms with van der Waals surface area (Å²) in [6.07, 6.45) is -0.00141. The first kappa shape index (κ1) is 20.4. The van der Waals surface area contributed by atoms with E-state index in [9.17, 15) is 13.2 Å². The lowest BCUT2D eigenvalue weighted by Crippen LogP contribution is -2.32. The molecule has 2 N–H and O–H groups in total. The number of hydrogen-bond donors (Lipinski definition) is 2. The van der Waals surface area contributed by atoms with Crippen LogP contribution in [0, 0.1) is 0 Å². The van der Waals surface area contributed by atoms with Gasteiger partial charge in [-0.25, -0.2) is 13.1 Å². The highest BCUT2D eigenvalue weighted by molar-refractivity contribution is 7.89. The van der Waals surface area contributed by atoms with Crippen LogP contribution in [0.15, 0.2) is 47.4 Å². The lowest BCUT2D eigenvalue weighted by atomic mass is 10.1. The van der Waals surface area contributed by atoms with Crippen molar-refractivity contribution in [1.29, 1.82) is 0 Å². The van der Waals surface area contributed by atoms with E-state index in [0.29, 0.717) is 24.7 Å². The van der Waals surface area contributed by atoms with E-state index in [0.717, 1.165) is 5.56 Å². The third kappa shape index (κ3) is 4.95. The van der Waals surface area contributed by atoms with Gasteiger partial charge < -0.3 is 14.8 Å². The molecule has 1 aliphatic rings. The van der Waals surface area contributed by atoms with E-state index in [4.69, 9.17) is 21.1 Å². The summed E-state index contributed by atoms with van der Waals surface area (Å²) in [5.41, 5.74) is 0.870. The quantitative estimate of drug-likeness (QED) is 0.712. The molecule has 150 valence electrons. The van der Waals surface area contributed by atoms with E-state index in [2.05, 4.69) is 10.0 Å². The predicted octanol–water partition coefficient (Wildman–Crippen LogP) is 2.66. The van der Waals surface area contributed by atoms with Crippen LogP contribution in [-0.2, 0) is 14.8 Å². The smallest absolute Gasteiger partial charge is 0.242 e. The Bertz CT molecular complexity index is 965. The van der Waals surface area contributed by atoms with Crippen molar-refractivity contribution in [3.05, 3.63) is 53.1 Å². The summed E-state index contributed by atoms with van der Waals surface area (Å²) in [5, 5.41) is 2.98. The van der Waals surface area contributed by atoms with Crippen molar-refractivity contribution in [3.63, 3.8) is 0 Å². The molecule has 0 fully saturated rings. The van der Waals surface area contributed by atoms with Gasteiger partial charge in [0.25, 0.3) is 0 Å².